The number of hydrogen-bond acceptors (Lipinski definition) is 0. The average Bonchev–Trinajstić information content (AvgIpc) is 2.60. The molecule has 0 amide bonds. The molecule has 114 valence electrons. The highest BCUT2D eigenvalue weighted by atomic mass is 15.3. The van der Waals surface area contributed by atoms with Gasteiger partial charge in [-0.25, -0.2) is 0 Å². The van der Waals surface area contributed by atoms with Gasteiger partial charge in [-0.2, -0.15) is 0 Å². The van der Waals surface area contributed by atoms with Gasteiger partial charge in [-0.05, 0) is 42.3 Å². The molecule has 0 aliphatic carbocycles. The van der Waals surface area contributed by atoms with Crippen molar-refractivity contribution in [3.63, 3.8) is 0 Å². The van der Waals surface area contributed by atoms with Crippen molar-refractivity contribution >= 4 is 21.5 Å². The van der Waals surface area contributed by atoms with Crippen LogP contribution in [-0.4, -0.2) is 24.1 Å². The molecule has 0 spiro atoms. The van der Waals surface area contributed by atoms with Crippen molar-refractivity contribution in [2.75, 3.05) is 19.6 Å². The highest BCUT2D eigenvalue weighted by Crippen LogP contribution is 2.29. The molecule has 0 N–H and O–H groups in total. The second-order valence-corrected chi connectivity index (χ2v) is 6.25. The zero-order chi connectivity index (χ0) is 15.6. The van der Waals surface area contributed by atoms with Gasteiger partial charge in [0.15, 0.2) is 0 Å². The Morgan fingerprint density at radius 2 is 1.32 bits per heavy atom. The van der Waals surface area contributed by atoms with Gasteiger partial charge in [0.1, 0.15) is 6.54 Å². The molecule has 0 bridgehead atoms. The second kappa shape index (κ2) is 6.10. The fraction of sp³-hybridized carbons (Fsp3) is 0.333. The fourth-order valence-electron chi connectivity index (χ4n) is 3.61. The van der Waals surface area contributed by atoms with Crippen LogP contribution in [0.5, 0.6) is 0 Å². The van der Waals surface area contributed by atoms with E-state index < -0.39 is 0 Å². The number of nitrogens with zero attached hydrogens (tertiary/aromatic N) is 1. The largest absolute Gasteiger partial charge is 0.321 e. The van der Waals surface area contributed by atoms with Gasteiger partial charge in [0.2, 0.25) is 0 Å². The zero-order valence-electron chi connectivity index (χ0n) is 14.0. The Morgan fingerprint density at radius 3 is 2.05 bits per heavy atom. The van der Waals surface area contributed by atoms with Gasteiger partial charge in [-0.1, -0.05) is 54.6 Å². The monoisotopic (exact) mass is 292 g/mol. The topological polar surface area (TPSA) is 0 Å². The lowest BCUT2D eigenvalue weighted by Crippen LogP contribution is -2.46. The van der Waals surface area contributed by atoms with E-state index in [0.29, 0.717) is 0 Å². The van der Waals surface area contributed by atoms with E-state index in [1.165, 1.54) is 46.7 Å². The number of hydrogen-bond donors (Lipinski definition) is 0. The Bertz CT molecular complexity index is 776. The van der Waals surface area contributed by atoms with Crippen LogP contribution in [0.2, 0.25) is 0 Å². The van der Waals surface area contributed by atoms with Gasteiger partial charge >= 0.3 is 0 Å². The predicted molar refractivity (Wildman–Crippen MR) is 97.0 cm³/mol. The minimum Gasteiger partial charge on any atom is -0.321 e. The minimum atomic E-state index is 1.12. The van der Waals surface area contributed by atoms with E-state index in [-0.39, 0.29) is 0 Å². The molecule has 0 aromatic heterocycles. The van der Waals surface area contributed by atoms with Gasteiger partial charge in [-0.15, -0.1) is 0 Å². The first-order valence-electron chi connectivity index (χ1n) is 8.47. The van der Waals surface area contributed by atoms with Crippen molar-refractivity contribution in [3.05, 3.63) is 60.2 Å². The summed E-state index contributed by atoms with van der Waals surface area (Å²) in [5.41, 5.74) is 1.48. The van der Waals surface area contributed by atoms with Crippen LogP contribution >= 0.6 is 0 Å². The van der Waals surface area contributed by atoms with Gasteiger partial charge in [0.25, 0.3) is 0 Å². The van der Waals surface area contributed by atoms with Crippen molar-refractivity contribution in [2.45, 2.75) is 27.3 Å². The first-order chi connectivity index (χ1) is 10.7. The van der Waals surface area contributed by atoms with Crippen LogP contribution in [0, 0.1) is 0 Å². The standard InChI is InChI=1S/C21H26N/c1-4-22(5-2,6-3)16-18-11-9-13-21-19-12-8-7-10-17(19)14-15-20(18)21/h7-15H,4-6,16H2,1-3H3/q+1. The van der Waals surface area contributed by atoms with E-state index in [0.717, 1.165) is 11.0 Å². The number of fused-ring (bicyclic) bond motifs is 3. The molecule has 1 heteroatoms. The van der Waals surface area contributed by atoms with Crippen LogP contribution < -0.4 is 0 Å². The molecule has 0 heterocycles. The molecular weight excluding hydrogens is 266 g/mol. The fourth-order valence-corrected chi connectivity index (χ4v) is 3.61. The minimum absolute atomic E-state index is 1.12. The molecule has 3 rings (SSSR count). The smallest absolute Gasteiger partial charge is 0.105 e. The highest BCUT2D eigenvalue weighted by molar-refractivity contribution is 6.08. The number of benzene rings is 3. The van der Waals surface area contributed by atoms with Crippen LogP contribution in [0.15, 0.2) is 54.6 Å². The Labute approximate surface area is 133 Å². The normalized spacial score (nSPS) is 12.1. The summed E-state index contributed by atoms with van der Waals surface area (Å²) in [6.07, 6.45) is 0. The van der Waals surface area contributed by atoms with Crippen molar-refractivity contribution in [2.24, 2.45) is 0 Å². The van der Waals surface area contributed by atoms with Gasteiger partial charge in [0, 0.05) is 5.56 Å². The summed E-state index contributed by atoms with van der Waals surface area (Å²) in [4.78, 5) is 0. The van der Waals surface area contributed by atoms with Crippen molar-refractivity contribution in [1.82, 2.24) is 0 Å². The molecule has 3 aromatic carbocycles. The maximum atomic E-state index is 2.31. The molecule has 0 atom stereocenters. The van der Waals surface area contributed by atoms with E-state index in [4.69, 9.17) is 0 Å². The first-order valence-corrected chi connectivity index (χ1v) is 8.47. The molecule has 0 fully saturated rings. The number of quaternary nitrogens is 1. The molecule has 0 saturated carbocycles. The van der Waals surface area contributed by atoms with Gasteiger partial charge < -0.3 is 4.48 Å². The summed E-state index contributed by atoms with van der Waals surface area (Å²) in [6.45, 7) is 11.6. The first kappa shape index (κ1) is 15.1. The third-order valence-electron chi connectivity index (χ3n) is 5.40. The lowest BCUT2D eigenvalue weighted by molar-refractivity contribution is -0.936. The molecule has 0 radical (unpaired) electrons. The van der Waals surface area contributed by atoms with Crippen LogP contribution in [-0.2, 0) is 6.54 Å². The SMILES string of the molecule is CC[N+](CC)(CC)Cc1cccc2c1ccc1ccccc12. The van der Waals surface area contributed by atoms with E-state index >= 15 is 0 Å². The van der Waals surface area contributed by atoms with Crippen molar-refractivity contribution < 1.29 is 4.48 Å². The van der Waals surface area contributed by atoms with Crippen LogP contribution in [0.25, 0.3) is 21.5 Å². The molecule has 0 unspecified atom stereocenters. The summed E-state index contributed by atoms with van der Waals surface area (Å²) in [5, 5.41) is 5.50. The van der Waals surface area contributed by atoms with Crippen molar-refractivity contribution in [3.8, 4) is 0 Å². The molecule has 0 aliphatic heterocycles. The summed E-state index contributed by atoms with van der Waals surface area (Å²) >= 11 is 0. The summed E-state index contributed by atoms with van der Waals surface area (Å²) in [6, 6.07) is 20.1. The molecule has 22 heavy (non-hydrogen) atoms. The van der Waals surface area contributed by atoms with Crippen LogP contribution in [0.3, 0.4) is 0 Å². The van der Waals surface area contributed by atoms with E-state index in [2.05, 4.69) is 75.4 Å². The zero-order valence-corrected chi connectivity index (χ0v) is 14.0. The summed E-state index contributed by atoms with van der Waals surface area (Å²) in [7, 11) is 0. The Kier molecular flexibility index (Phi) is 4.17. The molecule has 0 saturated heterocycles. The Balaban J connectivity index is 2.17. The maximum absolute atomic E-state index is 2.31. The molecule has 3 aromatic rings. The third kappa shape index (κ3) is 2.50. The third-order valence-corrected chi connectivity index (χ3v) is 5.40. The van der Waals surface area contributed by atoms with E-state index in [9.17, 15) is 0 Å². The molecule has 1 nitrogen and oxygen atoms in total. The lowest BCUT2D eigenvalue weighted by Gasteiger charge is -2.36. The Morgan fingerprint density at radius 1 is 0.636 bits per heavy atom. The molecule has 0 aliphatic rings. The van der Waals surface area contributed by atoms with E-state index in [1.54, 1.807) is 0 Å². The van der Waals surface area contributed by atoms with E-state index in [1.807, 2.05) is 0 Å². The molecular formula is C21H26N+. The van der Waals surface area contributed by atoms with Crippen molar-refractivity contribution in [1.29, 1.82) is 0 Å². The quantitative estimate of drug-likeness (QED) is 0.438. The summed E-state index contributed by atoms with van der Waals surface area (Å²) < 4.78 is 1.16. The lowest BCUT2D eigenvalue weighted by atomic mass is 9.97. The number of rotatable bonds is 5. The average molecular weight is 292 g/mol. The Hall–Kier alpha value is -1.86. The van der Waals surface area contributed by atoms with Gasteiger partial charge in [-0.3, -0.25) is 0 Å². The second-order valence-electron chi connectivity index (χ2n) is 6.25. The summed E-state index contributed by atoms with van der Waals surface area (Å²) in [5.74, 6) is 0. The van der Waals surface area contributed by atoms with Gasteiger partial charge in [0.05, 0.1) is 19.6 Å². The maximum Gasteiger partial charge on any atom is 0.105 e. The highest BCUT2D eigenvalue weighted by Gasteiger charge is 2.22. The van der Waals surface area contributed by atoms with Crippen LogP contribution in [0.4, 0.5) is 0 Å². The predicted octanol–water partition coefficient (Wildman–Crippen LogP) is 5.37. The van der Waals surface area contributed by atoms with Crippen LogP contribution in [0.1, 0.15) is 26.3 Å².